The zero-order valence-corrected chi connectivity index (χ0v) is 19.3. The van der Waals surface area contributed by atoms with Crippen molar-refractivity contribution in [2.24, 2.45) is 0 Å². The summed E-state index contributed by atoms with van der Waals surface area (Å²) in [5.74, 6) is -0.0886. The van der Waals surface area contributed by atoms with Crippen LogP contribution in [-0.4, -0.2) is 21.0 Å². The van der Waals surface area contributed by atoms with Crippen LogP contribution in [0.4, 0.5) is 24.7 Å². The lowest BCUT2D eigenvalue weighted by atomic mass is 10.1. The van der Waals surface area contributed by atoms with Gasteiger partial charge in [0.1, 0.15) is 5.82 Å². The second-order valence-corrected chi connectivity index (χ2v) is 8.17. The number of aliphatic hydroxyl groups is 1. The number of alkyl halides is 3. The lowest BCUT2D eigenvalue weighted by molar-refractivity contribution is -0.137. The van der Waals surface area contributed by atoms with Crippen molar-refractivity contribution in [3.05, 3.63) is 107 Å². The Morgan fingerprint density at radius 2 is 1.75 bits per heavy atom. The molecule has 1 heterocycles. The van der Waals surface area contributed by atoms with Gasteiger partial charge in [0.2, 0.25) is 0 Å². The van der Waals surface area contributed by atoms with E-state index in [1.807, 2.05) is 37.3 Å². The molecule has 0 aliphatic rings. The van der Waals surface area contributed by atoms with E-state index in [-0.39, 0.29) is 18.2 Å². The van der Waals surface area contributed by atoms with Gasteiger partial charge in [0, 0.05) is 16.8 Å². The Kier molecular flexibility index (Phi) is 7.30. The summed E-state index contributed by atoms with van der Waals surface area (Å²) in [6.07, 6.45) is -1.28. The maximum absolute atomic E-state index is 13.0. The predicted octanol–water partition coefficient (Wildman–Crippen LogP) is 6.08. The van der Waals surface area contributed by atoms with E-state index >= 15 is 0 Å². The second kappa shape index (κ2) is 10.6. The van der Waals surface area contributed by atoms with Crippen molar-refractivity contribution in [1.82, 2.24) is 9.97 Å². The van der Waals surface area contributed by atoms with E-state index in [4.69, 9.17) is 0 Å². The average Bonchev–Trinajstić information content (AvgIpc) is 2.88. The smallest absolute Gasteiger partial charge is 0.392 e. The number of nitrogens with zero attached hydrogens (tertiary/aromatic N) is 2. The molecule has 3 aromatic carbocycles. The van der Waals surface area contributed by atoms with Gasteiger partial charge in [0.15, 0.2) is 0 Å². The summed E-state index contributed by atoms with van der Waals surface area (Å²) in [4.78, 5) is 21.4. The van der Waals surface area contributed by atoms with E-state index in [0.29, 0.717) is 17.2 Å². The Morgan fingerprint density at radius 3 is 2.47 bits per heavy atom. The SMILES string of the molecule is CC(Nc1cncc(-c2ccc(CO)cc2)n1)c1cccc(NC(=O)c2cccc(C(F)(F)F)c2)c1. The topological polar surface area (TPSA) is 87.1 Å². The van der Waals surface area contributed by atoms with Crippen LogP contribution in [0.1, 0.15) is 40.0 Å². The fourth-order valence-corrected chi connectivity index (χ4v) is 3.59. The van der Waals surface area contributed by atoms with Crippen molar-refractivity contribution in [2.75, 3.05) is 10.6 Å². The van der Waals surface area contributed by atoms with E-state index in [2.05, 4.69) is 20.6 Å². The van der Waals surface area contributed by atoms with Crippen LogP contribution in [0.25, 0.3) is 11.3 Å². The van der Waals surface area contributed by atoms with Crippen LogP contribution in [0.2, 0.25) is 0 Å². The predicted molar refractivity (Wildman–Crippen MR) is 131 cm³/mol. The van der Waals surface area contributed by atoms with E-state index in [0.717, 1.165) is 28.8 Å². The first-order valence-electron chi connectivity index (χ1n) is 11.1. The molecule has 3 N–H and O–H groups in total. The monoisotopic (exact) mass is 492 g/mol. The molecule has 36 heavy (non-hydrogen) atoms. The summed E-state index contributed by atoms with van der Waals surface area (Å²) in [6.45, 7) is 1.88. The maximum Gasteiger partial charge on any atom is 0.416 e. The molecular formula is C27H23F3N4O2. The number of carbonyl (C=O) groups is 1. The Hall–Kier alpha value is -4.24. The number of halogens is 3. The first kappa shape index (κ1) is 24.9. The normalized spacial score (nSPS) is 12.1. The minimum absolute atomic E-state index is 0.0372. The quantitative estimate of drug-likeness (QED) is 0.291. The highest BCUT2D eigenvalue weighted by Gasteiger charge is 2.30. The number of benzene rings is 3. The lowest BCUT2D eigenvalue weighted by Gasteiger charge is -2.17. The Balaban J connectivity index is 1.46. The number of aliphatic hydroxyl groups excluding tert-OH is 1. The highest BCUT2D eigenvalue weighted by Crippen LogP contribution is 2.30. The van der Waals surface area contributed by atoms with Crippen LogP contribution in [0.15, 0.2) is 85.2 Å². The average molecular weight is 493 g/mol. The van der Waals surface area contributed by atoms with Crippen LogP contribution in [0.3, 0.4) is 0 Å². The number of anilines is 2. The molecular weight excluding hydrogens is 469 g/mol. The highest BCUT2D eigenvalue weighted by molar-refractivity contribution is 6.04. The third-order valence-corrected chi connectivity index (χ3v) is 5.53. The number of hydrogen-bond donors (Lipinski definition) is 3. The fourth-order valence-electron chi connectivity index (χ4n) is 3.59. The van der Waals surface area contributed by atoms with Gasteiger partial charge in [-0.15, -0.1) is 0 Å². The van der Waals surface area contributed by atoms with Gasteiger partial charge in [0.25, 0.3) is 5.91 Å². The molecule has 0 saturated carbocycles. The summed E-state index contributed by atoms with van der Waals surface area (Å²) in [7, 11) is 0. The zero-order valence-electron chi connectivity index (χ0n) is 19.3. The molecule has 1 aromatic heterocycles. The summed E-state index contributed by atoms with van der Waals surface area (Å²) < 4.78 is 38.9. The molecule has 6 nitrogen and oxygen atoms in total. The first-order valence-corrected chi connectivity index (χ1v) is 11.1. The van der Waals surface area contributed by atoms with E-state index < -0.39 is 17.6 Å². The first-order chi connectivity index (χ1) is 17.2. The van der Waals surface area contributed by atoms with Crippen molar-refractivity contribution >= 4 is 17.4 Å². The minimum Gasteiger partial charge on any atom is -0.392 e. The van der Waals surface area contributed by atoms with Crippen LogP contribution < -0.4 is 10.6 Å². The third kappa shape index (κ3) is 6.05. The molecule has 0 spiro atoms. The zero-order chi connectivity index (χ0) is 25.7. The van der Waals surface area contributed by atoms with Gasteiger partial charge in [0.05, 0.1) is 36.3 Å². The summed E-state index contributed by atoms with van der Waals surface area (Å²) >= 11 is 0. The molecule has 0 radical (unpaired) electrons. The molecule has 1 amide bonds. The third-order valence-electron chi connectivity index (χ3n) is 5.53. The van der Waals surface area contributed by atoms with Gasteiger partial charge >= 0.3 is 6.18 Å². The second-order valence-electron chi connectivity index (χ2n) is 8.17. The molecule has 1 unspecified atom stereocenters. The van der Waals surface area contributed by atoms with Gasteiger partial charge in [-0.3, -0.25) is 9.78 Å². The van der Waals surface area contributed by atoms with Crippen LogP contribution >= 0.6 is 0 Å². The molecule has 184 valence electrons. The molecule has 9 heteroatoms. The number of rotatable bonds is 7. The Morgan fingerprint density at radius 1 is 1.00 bits per heavy atom. The Labute approximate surface area is 205 Å². The van der Waals surface area contributed by atoms with Crippen molar-refractivity contribution in [3.8, 4) is 11.3 Å². The van der Waals surface area contributed by atoms with Crippen LogP contribution in [0.5, 0.6) is 0 Å². The van der Waals surface area contributed by atoms with Crippen molar-refractivity contribution < 1.29 is 23.1 Å². The fraction of sp³-hybridized carbons (Fsp3) is 0.148. The summed E-state index contributed by atoms with van der Waals surface area (Å²) in [5.41, 5.74) is 2.64. The summed E-state index contributed by atoms with van der Waals surface area (Å²) in [5, 5.41) is 15.1. The van der Waals surface area contributed by atoms with Crippen molar-refractivity contribution in [1.29, 1.82) is 0 Å². The molecule has 1 atom stereocenters. The number of carbonyl (C=O) groups excluding carboxylic acids is 1. The number of aromatic nitrogens is 2. The highest BCUT2D eigenvalue weighted by atomic mass is 19.4. The maximum atomic E-state index is 13.0. The van der Waals surface area contributed by atoms with Crippen LogP contribution in [0, 0.1) is 0 Å². The van der Waals surface area contributed by atoms with Gasteiger partial charge in [-0.25, -0.2) is 4.98 Å². The number of nitrogens with one attached hydrogen (secondary N) is 2. The molecule has 4 aromatic rings. The van der Waals surface area contributed by atoms with Crippen molar-refractivity contribution in [2.45, 2.75) is 25.7 Å². The minimum atomic E-state index is -4.53. The van der Waals surface area contributed by atoms with E-state index in [9.17, 15) is 23.1 Å². The van der Waals surface area contributed by atoms with Gasteiger partial charge in [-0.05, 0) is 48.4 Å². The molecule has 0 aliphatic carbocycles. The largest absolute Gasteiger partial charge is 0.416 e. The van der Waals surface area contributed by atoms with Gasteiger partial charge in [-0.2, -0.15) is 13.2 Å². The molecule has 0 bridgehead atoms. The van der Waals surface area contributed by atoms with E-state index in [1.165, 1.54) is 12.1 Å². The lowest BCUT2D eigenvalue weighted by Crippen LogP contribution is -2.14. The van der Waals surface area contributed by atoms with Gasteiger partial charge < -0.3 is 15.7 Å². The molecule has 4 rings (SSSR count). The summed E-state index contributed by atoms with van der Waals surface area (Å²) in [6, 6.07) is 18.5. The molecule has 0 saturated heterocycles. The molecule has 0 aliphatic heterocycles. The van der Waals surface area contributed by atoms with Gasteiger partial charge in [-0.1, -0.05) is 42.5 Å². The standard InChI is InChI=1S/C27H23F3N4O2/c1-17(32-25-15-31-14-24(34-25)19-10-8-18(16-35)9-11-19)20-4-3-7-23(13-20)33-26(36)21-5-2-6-22(12-21)27(28,29)30/h2-15,17,35H,16H2,1H3,(H,32,34)(H,33,36). The molecule has 0 fully saturated rings. The van der Waals surface area contributed by atoms with Crippen molar-refractivity contribution in [3.63, 3.8) is 0 Å². The Bertz CT molecular complexity index is 1360. The number of hydrogen-bond acceptors (Lipinski definition) is 5. The van der Waals surface area contributed by atoms with Crippen LogP contribution in [-0.2, 0) is 12.8 Å². The van der Waals surface area contributed by atoms with E-state index in [1.54, 1.807) is 30.6 Å². The number of amides is 1.